The minimum atomic E-state index is 0.526. The van der Waals surface area contributed by atoms with Crippen molar-refractivity contribution in [3.8, 4) is 0 Å². The zero-order valence-corrected chi connectivity index (χ0v) is 8.72. The fourth-order valence-corrected chi connectivity index (χ4v) is 1.53. The molecule has 1 aromatic rings. The molecule has 0 heterocycles. The molecule has 1 heteroatoms. The van der Waals surface area contributed by atoms with E-state index < -0.39 is 0 Å². The third-order valence-electron chi connectivity index (χ3n) is 2.40. The Morgan fingerprint density at radius 1 is 1.15 bits per heavy atom. The van der Waals surface area contributed by atoms with Crippen molar-refractivity contribution in [2.24, 2.45) is 0 Å². The molecule has 1 nitrogen and oxygen atoms in total. The first-order valence-electron chi connectivity index (χ1n) is 4.62. The topological polar surface area (TPSA) is 17.1 Å². The fraction of sp³-hybridized carbons (Fsp3) is 0.417. The van der Waals surface area contributed by atoms with Crippen LogP contribution in [0.3, 0.4) is 0 Å². The van der Waals surface area contributed by atoms with Gasteiger partial charge in [0.15, 0.2) is 6.29 Å². The van der Waals surface area contributed by atoms with Gasteiger partial charge in [-0.2, -0.15) is 0 Å². The van der Waals surface area contributed by atoms with Crippen LogP contribution in [0.25, 0.3) is 0 Å². The van der Waals surface area contributed by atoms with Crippen LogP contribution >= 0.6 is 0 Å². The molecule has 0 aliphatic rings. The van der Waals surface area contributed by atoms with Gasteiger partial charge >= 0.3 is 0 Å². The number of hydrogen-bond donors (Lipinski definition) is 0. The van der Waals surface area contributed by atoms with Gasteiger partial charge in [0.25, 0.3) is 0 Å². The van der Waals surface area contributed by atoms with E-state index in [0.29, 0.717) is 5.92 Å². The first kappa shape index (κ1) is 9.97. The predicted octanol–water partition coefficient (Wildman–Crippen LogP) is 3.24. The number of hydrogen-bond acceptors (Lipinski definition) is 1. The molecule has 13 heavy (non-hydrogen) atoms. The second-order valence-electron chi connectivity index (χ2n) is 3.84. The van der Waals surface area contributed by atoms with Gasteiger partial charge < -0.3 is 0 Å². The quantitative estimate of drug-likeness (QED) is 0.632. The van der Waals surface area contributed by atoms with Crippen LogP contribution in [-0.2, 0) is 0 Å². The van der Waals surface area contributed by atoms with Gasteiger partial charge in [0.1, 0.15) is 0 Å². The van der Waals surface area contributed by atoms with Gasteiger partial charge in [-0.1, -0.05) is 26.0 Å². The summed E-state index contributed by atoms with van der Waals surface area (Å²) in [5, 5.41) is 0. The lowest BCUT2D eigenvalue weighted by atomic mass is 9.95. The highest BCUT2D eigenvalue weighted by Crippen LogP contribution is 2.20. The summed E-state index contributed by atoms with van der Waals surface area (Å²) >= 11 is 0. The smallest absolute Gasteiger partial charge is 0.150 e. The van der Waals surface area contributed by atoms with Gasteiger partial charge in [-0.25, -0.2) is 0 Å². The molecule has 0 unspecified atom stereocenters. The Kier molecular flexibility index (Phi) is 2.86. The first-order valence-corrected chi connectivity index (χ1v) is 4.62. The van der Waals surface area contributed by atoms with Crippen LogP contribution in [0.2, 0.25) is 0 Å². The number of rotatable bonds is 2. The summed E-state index contributed by atoms with van der Waals surface area (Å²) in [5.41, 5.74) is 4.31. The number of benzene rings is 1. The summed E-state index contributed by atoms with van der Waals surface area (Å²) in [6.07, 6.45) is 0.939. The number of carbonyl (C=O) groups excluding carboxylic acids is 1. The molecule has 0 spiro atoms. The van der Waals surface area contributed by atoms with Crippen LogP contribution < -0.4 is 0 Å². The fourth-order valence-electron chi connectivity index (χ4n) is 1.53. The number of aldehydes is 1. The monoisotopic (exact) mass is 176 g/mol. The average Bonchev–Trinajstić information content (AvgIpc) is 2.03. The van der Waals surface area contributed by atoms with Crippen LogP contribution in [0, 0.1) is 13.8 Å². The molecular formula is C12H16O. The van der Waals surface area contributed by atoms with Crippen LogP contribution in [0.5, 0.6) is 0 Å². The molecule has 0 radical (unpaired) electrons. The minimum Gasteiger partial charge on any atom is -0.298 e. The largest absolute Gasteiger partial charge is 0.298 e. The van der Waals surface area contributed by atoms with Crippen molar-refractivity contribution < 1.29 is 4.79 Å². The Morgan fingerprint density at radius 3 is 1.92 bits per heavy atom. The molecule has 70 valence electrons. The molecule has 0 saturated carbocycles. The predicted molar refractivity (Wildman–Crippen MR) is 55.4 cm³/mol. The summed E-state index contributed by atoms with van der Waals surface area (Å²) in [7, 11) is 0. The Balaban J connectivity index is 3.28. The third-order valence-corrected chi connectivity index (χ3v) is 2.40. The van der Waals surface area contributed by atoms with Crippen molar-refractivity contribution in [2.45, 2.75) is 33.6 Å². The highest BCUT2D eigenvalue weighted by Gasteiger charge is 2.05. The van der Waals surface area contributed by atoms with E-state index in [2.05, 4.69) is 26.0 Å². The van der Waals surface area contributed by atoms with Gasteiger partial charge in [-0.15, -0.1) is 0 Å². The summed E-state index contributed by atoms with van der Waals surface area (Å²) < 4.78 is 0. The maximum atomic E-state index is 10.7. The normalized spacial score (nSPS) is 10.5. The van der Waals surface area contributed by atoms with E-state index in [-0.39, 0.29) is 0 Å². The molecule has 1 aromatic carbocycles. The van der Waals surface area contributed by atoms with Crippen LogP contribution in [0.15, 0.2) is 12.1 Å². The van der Waals surface area contributed by atoms with Crippen molar-refractivity contribution >= 4 is 6.29 Å². The molecule has 0 bridgehead atoms. The van der Waals surface area contributed by atoms with Gasteiger partial charge in [-0.3, -0.25) is 4.79 Å². The Morgan fingerprint density at radius 2 is 1.62 bits per heavy atom. The molecule has 0 aliphatic heterocycles. The molecule has 0 saturated heterocycles. The standard InChI is InChI=1S/C12H16O/c1-8(2)11-5-9(3)12(7-13)10(4)6-11/h5-8H,1-4H3. The van der Waals surface area contributed by atoms with Gasteiger partial charge in [0, 0.05) is 5.56 Å². The maximum Gasteiger partial charge on any atom is 0.150 e. The molecular weight excluding hydrogens is 160 g/mol. The second kappa shape index (κ2) is 3.73. The van der Waals surface area contributed by atoms with Gasteiger partial charge in [0.05, 0.1) is 0 Å². The molecule has 0 atom stereocenters. The molecule has 0 N–H and O–H groups in total. The van der Waals surface area contributed by atoms with E-state index in [1.165, 1.54) is 5.56 Å². The summed E-state index contributed by atoms with van der Waals surface area (Å²) in [5.74, 6) is 0.526. The van der Waals surface area contributed by atoms with E-state index in [1.54, 1.807) is 0 Å². The van der Waals surface area contributed by atoms with Gasteiger partial charge in [-0.05, 0) is 36.5 Å². The van der Waals surface area contributed by atoms with E-state index in [4.69, 9.17) is 0 Å². The van der Waals surface area contributed by atoms with E-state index >= 15 is 0 Å². The van der Waals surface area contributed by atoms with Crippen LogP contribution in [0.1, 0.15) is 46.8 Å². The summed E-state index contributed by atoms with van der Waals surface area (Å²) in [6.45, 7) is 8.30. The molecule has 0 amide bonds. The molecule has 0 aliphatic carbocycles. The van der Waals surface area contributed by atoms with Crippen molar-refractivity contribution in [2.75, 3.05) is 0 Å². The third kappa shape index (κ3) is 1.97. The van der Waals surface area contributed by atoms with Crippen molar-refractivity contribution in [3.63, 3.8) is 0 Å². The maximum absolute atomic E-state index is 10.7. The lowest BCUT2D eigenvalue weighted by molar-refractivity contribution is 0.112. The average molecular weight is 176 g/mol. The number of aryl methyl sites for hydroxylation is 2. The lowest BCUT2D eigenvalue weighted by Crippen LogP contribution is -1.96. The Labute approximate surface area is 79.8 Å². The van der Waals surface area contributed by atoms with Crippen LogP contribution in [-0.4, -0.2) is 6.29 Å². The molecule has 1 rings (SSSR count). The second-order valence-corrected chi connectivity index (χ2v) is 3.84. The van der Waals surface area contributed by atoms with Crippen molar-refractivity contribution in [1.29, 1.82) is 0 Å². The van der Waals surface area contributed by atoms with Crippen LogP contribution in [0.4, 0.5) is 0 Å². The summed E-state index contributed by atoms with van der Waals surface area (Å²) in [6, 6.07) is 4.20. The highest BCUT2D eigenvalue weighted by molar-refractivity contribution is 5.79. The van der Waals surface area contributed by atoms with E-state index in [1.807, 2.05) is 13.8 Å². The minimum absolute atomic E-state index is 0.526. The van der Waals surface area contributed by atoms with Crippen molar-refractivity contribution in [1.82, 2.24) is 0 Å². The van der Waals surface area contributed by atoms with Gasteiger partial charge in [0.2, 0.25) is 0 Å². The van der Waals surface area contributed by atoms with Crippen molar-refractivity contribution in [3.05, 3.63) is 34.4 Å². The lowest BCUT2D eigenvalue weighted by Gasteiger charge is -2.10. The molecule has 0 fully saturated rings. The Hall–Kier alpha value is -1.11. The summed E-state index contributed by atoms with van der Waals surface area (Å²) in [4.78, 5) is 10.7. The first-order chi connectivity index (χ1) is 6.06. The van der Waals surface area contributed by atoms with E-state index in [9.17, 15) is 4.79 Å². The Bertz CT molecular complexity index is 301. The SMILES string of the molecule is Cc1cc(C(C)C)cc(C)c1C=O. The zero-order valence-electron chi connectivity index (χ0n) is 8.72. The number of carbonyl (C=O) groups is 1. The highest BCUT2D eigenvalue weighted by atomic mass is 16.1. The molecule has 0 aromatic heterocycles. The zero-order chi connectivity index (χ0) is 10.0. The van der Waals surface area contributed by atoms with E-state index in [0.717, 1.165) is 23.0 Å².